The summed E-state index contributed by atoms with van der Waals surface area (Å²) in [6.07, 6.45) is 1.84. The molecule has 5 heteroatoms. The highest BCUT2D eigenvalue weighted by Gasteiger charge is 2.24. The summed E-state index contributed by atoms with van der Waals surface area (Å²) in [6.45, 7) is 5.15. The molecule has 27 heavy (non-hydrogen) atoms. The van der Waals surface area contributed by atoms with Gasteiger partial charge in [-0.1, -0.05) is 48.0 Å². The van der Waals surface area contributed by atoms with Crippen molar-refractivity contribution in [1.29, 1.82) is 0 Å². The molecule has 1 aliphatic heterocycles. The second-order valence-electron chi connectivity index (χ2n) is 7.27. The smallest absolute Gasteiger partial charge is 0.0972 e. The zero-order valence-electron chi connectivity index (χ0n) is 15.6. The van der Waals surface area contributed by atoms with E-state index >= 15 is 0 Å². The van der Waals surface area contributed by atoms with E-state index in [0.29, 0.717) is 6.54 Å². The molecule has 3 aromatic rings. The van der Waals surface area contributed by atoms with Gasteiger partial charge in [0, 0.05) is 49.4 Å². The van der Waals surface area contributed by atoms with Crippen LogP contribution in [0.1, 0.15) is 11.1 Å². The van der Waals surface area contributed by atoms with E-state index in [0.717, 1.165) is 42.1 Å². The van der Waals surface area contributed by atoms with E-state index in [2.05, 4.69) is 60.2 Å². The number of para-hydroxylation sites is 1. The number of aryl methyl sites for hydroxylation is 1. The Kier molecular flexibility index (Phi) is 5.34. The Morgan fingerprint density at radius 2 is 1.89 bits per heavy atom. The van der Waals surface area contributed by atoms with Gasteiger partial charge in [0.25, 0.3) is 0 Å². The van der Waals surface area contributed by atoms with Crippen LogP contribution in [0.4, 0.5) is 0 Å². The van der Waals surface area contributed by atoms with Crippen LogP contribution >= 0.6 is 0 Å². The van der Waals surface area contributed by atoms with Crippen molar-refractivity contribution in [2.45, 2.75) is 19.6 Å². The molecule has 3 N–H and O–H groups in total. The molecule has 2 unspecified atom stereocenters. The number of rotatable bonds is 6. The Hall–Kier alpha value is -2.47. The quantitative estimate of drug-likeness (QED) is 0.631. The largest absolute Gasteiger partial charge is 0.391 e. The maximum atomic E-state index is 9.98. The molecule has 1 fully saturated rings. The van der Waals surface area contributed by atoms with Gasteiger partial charge in [-0.15, -0.1) is 0 Å². The Balaban J connectivity index is 1.58. The number of hydrogen-bond donors (Lipinski definition) is 3. The number of benzene rings is 2. The molecule has 1 aliphatic rings. The van der Waals surface area contributed by atoms with Gasteiger partial charge in [0.15, 0.2) is 0 Å². The van der Waals surface area contributed by atoms with Crippen molar-refractivity contribution in [3.63, 3.8) is 0 Å². The van der Waals surface area contributed by atoms with Crippen molar-refractivity contribution in [2.24, 2.45) is 5.92 Å². The number of hydrogen-bond acceptors (Lipinski definition) is 4. The lowest BCUT2D eigenvalue weighted by atomic mass is 10.1. The van der Waals surface area contributed by atoms with Crippen molar-refractivity contribution in [3.8, 4) is 16.9 Å². The second-order valence-corrected chi connectivity index (χ2v) is 7.27. The van der Waals surface area contributed by atoms with Crippen LogP contribution in [-0.4, -0.2) is 40.6 Å². The van der Waals surface area contributed by atoms with Crippen LogP contribution in [0, 0.1) is 12.8 Å². The summed E-state index contributed by atoms with van der Waals surface area (Å²) in [7, 11) is 0. The van der Waals surface area contributed by atoms with Crippen LogP contribution in [0.15, 0.2) is 60.8 Å². The van der Waals surface area contributed by atoms with Crippen molar-refractivity contribution in [1.82, 2.24) is 20.4 Å². The topological polar surface area (TPSA) is 62.1 Å². The maximum absolute atomic E-state index is 9.98. The summed E-state index contributed by atoms with van der Waals surface area (Å²) in [5.74, 6) is 0.261. The summed E-state index contributed by atoms with van der Waals surface area (Å²) < 4.78 is 1.94. The molecule has 2 heterocycles. The SMILES string of the molecule is Cc1ccc(-c2nn(-c3ccccc3)cc2CNCC2CNCC2O)cc1. The zero-order valence-corrected chi connectivity index (χ0v) is 15.6. The average molecular weight is 362 g/mol. The fraction of sp³-hybridized carbons (Fsp3) is 0.318. The minimum absolute atomic E-state index is 0.261. The minimum atomic E-state index is -0.263. The first-order valence-electron chi connectivity index (χ1n) is 9.51. The molecule has 0 saturated carbocycles. The van der Waals surface area contributed by atoms with Gasteiger partial charge in [0.1, 0.15) is 0 Å². The molecule has 5 nitrogen and oxygen atoms in total. The van der Waals surface area contributed by atoms with E-state index in [1.54, 1.807) is 0 Å². The molecule has 140 valence electrons. The highest BCUT2D eigenvalue weighted by molar-refractivity contribution is 5.63. The summed E-state index contributed by atoms with van der Waals surface area (Å²) in [6, 6.07) is 18.7. The number of aliphatic hydroxyl groups excluding tert-OH is 1. The summed E-state index contributed by atoms with van der Waals surface area (Å²) in [4.78, 5) is 0. The van der Waals surface area contributed by atoms with Gasteiger partial charge in [0.2, 0.25) is 0 Å². The fourth-order valence-electron chi connectivity index (χ4n) is 3.53. The lowest BCUT2D eigenvalue weighted by Crippen LogP contribution is -2.30. The first-order chi connectivity index (χ1) is 13.2. The maximum Gasteiger partial charge on any atom is 0.0972 e. The van der Waals surface area contributed by atoms with Crippen LogP contribution in [0.3, 0.4) is 0 Å². The predicted octanol–water partition coefficient (Wildman–Crippen LogP) is 2.52. The number of nitrogens with zero attached hydrogens (tertiary/aromatic N) is 2. The van der Waals surface area contributed by atoms with Gasteiger partial charge in [-0.05, 0) is 19.1 Å². The molecule has 1 aromatic heterocycles. The Morgan fingerprint density at radius 3 is 2.59 bits per heavy atom. The van der Waals surface area contributed by atoms with Gasteiger partial charge < -0.3 is 15.7 Å². The third-order valence-corrected chi connectivity index (χ3v) is 5.16. The molecule has 2 atom stereocenters. The van der Waals surface area contributed by atoms with Crippen LogP contribution < -0.4 is 10.6 Å². The van der Waals surface area contributed by atoms with Crippen molar-refractivity contribution < 1.29 is 5.11 Å². The van der Waals surface area contributed by atoms with Crippen LogP contribution in [0.25, 0.3) is 16.9 Å². The van der Waals surface area contributed by atoms with Crippen molar-refractivity contribution >= 4 is 0 Å². The molecule has 0 radical (unpaired) electrons. The molecule has 0 amide bonds. The molecule has 1 saturated heterocycles. The van der Waals surface area contributed by atoms with Crippen molar-refractivity contribution in [3.05, 3.63) is 71.9 Å². The van der Waals surface area contributed by atoms with Crippen molar-refractivity contribution in [2.75, 3.05) is 19.6 Å². The Bertz CT molecular complexity index is 873. The number of nitrogens with one attached hydrogen (secondary N) is 2. The van der Waals surface area contributed by atoms with Gasteiger partial charge in [-0.3, -0.25) is 0 Å². The zero-order chi connectivity index (χ0) is 18.6. The number of aromatic nitrogens is 2. The lowest BCUT2D eigenvalue weighted by Gasteiger charge is -2.14. The third kappa shape index (κ3) is 4.11. The highest BCUT2D eigenvalue weighted by atomic mass is 16.3. The molecule has 2 aromatic carbocycles. The minimum Gasteiger partial charge on any atom is -0.391 e. The van der Waals surface area contributed by atoms with E-state index in [4.69, 9.17) is 5.10 Å². The monoisotopic (exact) mass is 362 g/mol. The Morgan fingerprint density at radius 1 is 1.11 bits per heavy atom. The van der Waals surface area contributed by atoms with E-state index in [1.807, 2.05) is 22.9 Å². The van der Waals surface area contributed by atoms with Crippen LogP contribution in [0.2, 0.25) is 0 Å². The average Bonchev–Trinajstić information content (AvgIpc) is 3.30. The van der Waals surface area contributed by atoms with E-state index in [-0.39, 0.29) is 12.0 Å². The fourth-order valence-corrected chi connectivity index (χ4v) is 3.53. The molecular formula is C22H26N4O. The van der Waals surface area contributed by atoms with Gasteiger partial charge in [-0.25, -0.2) is 4.68 Å². The van der Waals surface area contributed by atoms with E-state index in [9.17, 15) is 5.11 Å². The van der Waals surface area contributed by atoms with Crippen LogP contribution in [0.5, 0.6) is 0 Å². The normalized spacial score (nSPS) is 19.5. The second kappa shape index (κ2) is 8.05. The van der Waals surface area contributed by atoms with Gasteiger partial charge in [0.05, 0.1) is 17.5 Å². The molecule has 0 bridgehead atoms. The first-order valence-corrected chi connectivity index (χ1v) is 9.51. The van der Waals surface area contributed by atoms with Gasteiger partial charge >= 0.3 is 0 Å². The lowest BCUT2D eigenvalue weighted by molar-refractivity contribution is 0.146. The van der Waals surface area contributed by atoms with Gasteiger partial charge in [-0.2, -0.15) is 5.10 Å². The summed E-state index contributed by atoms with van der Waals surface area (Å²) in [5, 5.41) is 21.6. The van der Waals surface area contributed by atoms with E-state index in [1.165, 1.54) is 5.56 Å². The molecular weight excluding hydrogens is 336 g/mol. The molecule has 0 aliphatic carbocycles. The number of aliphatic hydroxyl groups is 1. The standard InChI is InChI=1S/C22H26N4O/c1-16-7-9-17(10-8-16)22-19(13-23-11-18-12-24-14-21(18)27)15-26(25-22)20-5-3-2-4-6-20/h2-10,15,18,21,23-24,27H,11-14H2,1H3. The first kappa shape index (κ1) is 17.9. The number of β-amino-alcohol motifs (C(OH)–C–C–N with tert-alkyl or cyclic N) is 1. The third-order valence-electron chi connectivity index (χ3n) is 5.16. The van der Waals surface area contributed by atoms with Crippen LogP contribution in [-0.2, 0) is 6.54 Å². The summed E-state index contributed by atoms with van der Waals surface area (Å²) in [5.41, 5.74) is 5.56. The molecule has 4 rings (SSSR count). The Labute approximate surface area is 160 Å². The summed E-state index contributed by atoms with van der Waals surface area (Å²) >= 11 is 0. The highest BCUT2D eigenvalue weighted by Crippen LogP contribution is 2.24. The predicted molar refractivity (Wildman–Crippen MR) is 108 cm³/mol. The molecule has 0 spiro atoms. The van der Waals surface area contributed by atoms with E-state index < -0.39 is 0 Å².